The highest BCUT2D eigenvalue weighted by molar-refractivity contribution is 6.05. The molecule has 2 rings (SSSR count). The van der Waals surface area contributed by atoms with E-state index < -0.39 is 0 Å². The number of nitrogens with one attached hydrogen (secondary N) is 1. The summed E-state index contributed by atoms with van der Waals surface area (Å²) in [6, 6.07) is 0. The maximum absolute atomic E-state index is 11.6. The average Bonchev–Trinajstić information content (AvgIpc) is 2.44. The molecule has 4 unspecified atom stereocenters. The number of imide groups is 1. The van der Waals surface area contributed by atoms with Crippen LogP contribution in [0.15, 0.2) is 12.2 Å². The largest absolute Gasteiger partial charge is 0.296 e. The summed E-state index contributed by atoms with van der Waals surface area (Å²) in [6.45, 7) is 4.05. The molecule has 4 atom stereocenters. The summed E-state index contributed by atoms with van der Waals surface area (Å²) >= 11 is 0. The van der Waals surface area contributed by atoms with Crippen molar-refractivity contribution < 1.29 is 9.59 Å². The summed E-state index contributed by atoms with van der Waals surface area (Å²) in [6.07, 6.45) is 5.07. The van der Waals surface area contributed by atoms with Crippen LogP contribution in [0.2, 0.25) is 0 Å². The Hall–Kier alpha value is -1.12. The lowest BCUT2D eigenvalue weighted by Crippen LogP contribution is -2.32. The fraction of sp³-hybridized carbons (Fsp3) is 0.636. The minimum absolute atomic E-state index is 0.0805. The molecule has 76 valence electrons. The Balaban J connectivity index is 2.35. The normalized spacial score (nSPS) is 41.0. The van der Waals surface area contributed by atoms with Crippen LogP contribution in [0.4, 0.5) is 0 Å². The van der Waals surface area contributed by atoms with E-state index in [-0.39, 0.29) is 35.5 Å². The summed E-state index contributed by atoms with van der Waals surface area (Å²) in [5.74, 6) is 0.0141. The van der Waals surface area contributed by atoms with Gasteiger partial charge in [0, 0.05) is 0 Å². The van der Waals surface area contributed by atoms with E-state index in [2.05, 4.69) is 24.4 Å². The first-order valence-electron chi connectivity index (χ1n) is 5.18. The van der Waals surface area contributed by atoms with Crippen LogP contribution in [-0.2, 0) is 9.59 Å². The maximum atomic E-state index is 11.6. The zero-order chi connectivity index (χ0) is 10.3. The molecule has 0 aromatic carbocycles. The highest BCUT2D eigenvalue weighted by Crippen LogP contribution is 2.39. The van der Waals surface area contributed by atoms with E-state index in [1.807, 2.05) is 6.92 Å². The lowest BCUT2D eigenvalue weighted by molar-refractivity contribution is -0.126. The topological polar surface area (TPSA) is 46.2 Å². The van der Waals surface area contributed by atoms with Gasteiger partial charge in [-0.3, -0.25) is 14.9 Å². The Morgan fingerprint density at radius 3 is 2.50 bits per heavy atom. The van der Waals surface area contributed by atoms with E-state index in [9.17, 15) is 9.59 Å². The fourth-order valence-corrected chi connectivity index (χ4v) is 2.59. The van der Waals surface area contributed by atoms with Crippen LogP contribution < -0.4 is 5.32 Å². The molecule has 3 nitrogen and oxygen atoms in total. The predicted octanol–water partition coefficient (Wildman–Crippen LogP) is 1.11. The van der Waals surface area contributed by atoms with Gasteiger partial charge in [-0.15, -0.1) is 0 Å². The molecule has 0 bridgehead atoms. The fourth-order valence-electron chi connectivity index (χ4n) is 2.59. The van der Waals surface area contributed by atoms with Crippen molar-refractivity contribution in [2.45, 2.75) is 20.3 Å². The van der Waals surface area contributed by atoms with E-state index in [1.54, 1.807) is 0 Å². The summed E-state index contributed by atoms with van der Waals surface area (Å²) in [5, 5.41) is 2.44. The standard InChI is InChI=1S/C11H15NO2/c1-3-7-5-4-6(2)8-9(7)11(14)12-10(8)13/h4-9H,3H2,1-2H3,(H,12,13,14). The van der Waals surface area contributed by atoms with E-state index in [1.165, 1.54) is 0 Å². The highest BCUT2D eigenvalue weighted by atomic mass is 16.2. The molecule has 0 spiro atoms. The third kappa shape index (κ3) is 1.19. The second-order valence-electron chi connectivity index (χ2n) is 4.22. The molecule has 1 aliphatic heterocycles. The molecule has 1 saturated heterocycles. The van der Waals surface area contributed by atoms with Crippen LogP contribution in [0.25, 0.3) is 0 Å². The summed E-state index contributed by atoms with van der Waals surface area (Å²) in [7, 11) is 0. The van der Waals surface area contributed by atoms with Crippen molar-refractivity contribution in [1.29, 1.82) is 0 Å². The van der Waals surface area contributed by atoms with Crippen molar-refractivity contribution >= 4 is 11.8 Å². The Labute approximate surface area is 83.6 Å². The molecule has 1 N–H and O–H groups in total. The zero-order valence-electron chi connectivity index (χ0n) is 8.49. The molecule has 2 amide bonds. The summed E-state index contributed by atoms with van der Waals surface area (Å²) in [4.78, 5) is 23.1. The maximum Gasteiger partial charge on any atom is 0.231 e. The quantitative estimate of drug-likeness (QED) is 0.501. The molecular weight excluding hydrogens is 178 g/mol. The van der Waals surface area contributed by atoms with E-state index in [0.717, 1.165) is 6.42 Å². The number of allylic oxidation sites excluding steroid dienone is 2. The number of carbonyl (C=O) groups excluding carboxylic acids is 2. The van der Waals surface area contributed by atoms with Gasteiger partial charge in [0.05, 0.1) is 11.8 Å². The molecule has 0 radical (unpaired) electrons. The number of fused-ring (bicyclic) bond motifs is 1. The summed E-state index contributed by atoms with van der Waals surface area (Å²) in [5.41, 5.74) is 0. The number of amides is 2. The molecule has 3 heteroatoms. The van der Waals surface area contributed by atoms with Gasteiger partial charge in [-0.25, -0.2) is 0 Å². The molecule has 0 saturated carbocycles. The molecule has 2 aliphatic rings. The van der Waals surface area contributed by atoms with E-state index in [4.69, 9.17) is 0 Å². The van der Waals surface area contributed by atoms with Crippen LogP contribution in [0.1, 0.15) is 20.3 Å². The number of hydrogen-bond donors (Lipinski definition) is 1. The monoisotopic (exact) mass is 193 g/mol. The van der Waals surface area contributed by atoms with Crippen molar-refractivity contribution in [2.24, 2.45) is 23.7 Å². The van der Waals surface area contributed by atoms with Gasteiger partial charge in [0.25, 0.3) is 0 Å². The minimum atomic E-state index is -0.127. The van der Waals surface area contributed by atoms with Gasteiger partial charge in [0.1, 0.15) is 0 Å². The van der Waals surface area contributed by atoms with Crippen LogP contribution >= 0.6 is 0 Å². The van der Waals surface area contributed by atoms with Gasteiger partial charge >= 0.3 is 0 Å². The third-order valence-electron chi connectivity index (χ3n) is 3.40. The van der Waals surface area contributed by atoms with Gasteiger partial charge < -0.3 is 0 Å². The molecule has 1 aliphatic carbocycles. The van der Waals surface area contributed by atoms with Crippen LogP contribution in [0, 0.1) is 23.7 Å². The van der Waals surface area contributed by atoms with Crippen molar-refractivity contribution in [2.75, 3.05) is 0 Å². The Morgan fingerprint density at radius 1 is 1.21 bits per heavy atom. The lowest BCUT2D eigenvalue weighted by Gasteiger charge is -2.29. The van der Waals surface area contributed by atoms with Gasteiger partial charge in [-0.05, 0) is 18.3 Å². The molecular formula is C11H15NO2. The van der Waals surface area contributed by atoms with Crippen molar-refractivity contribution in [1.82, 2.24) is 5.32 Å². The first-order valence-corrected chi connectivity index (χ1v) is 5.18. The second kappa shape index (κ2) is 3.23. The molecule has 1 heterocycles. The van der Waals surface area contributed by atoms with Crippen molar-refractivity contribution in [3.8, 4) is 0 Å². The van der Waals surface area contributed by atoms with Crippen molar-refractivity contribution in [3.05, 3.63) is 12.2 Å². The first-order chi connectivity index (χ1) is 6.65. The van der Waals surface area contributed by atoms with E-state index >= 15 is 0 Å². The van der Waals surface area contributed by atoms with E-state index in [0.29, 0.717) is 0 Å². The Bertz CT molecular complexity index is 308. The van der Waals surface area contributed by atoms with Crippen LogP contribution in [-0.4, -0.2) is 11.8 Å². The predicted molar refractivity (Wildman–Crippen MR) is 52.2 cm³/mol. The first kappa shape index (κ1) is 9.44. The van der Waals surface area contributed by atoms with Gasteiger partial charge in [0.15, 0.2) is 0 Å². The molecule has 0 aromatic rings. The smallest absolute Gasteiger partial charge is 0.231 e. The van der Waals surface area contributed by atoms with Crippen molar-refractivity contribution in [3.63, 3.8) is 0 Å². The number of rotatable bonds is 1. The zero-order valence-corrected chi connectivity index (χ0v) is 8.49. The van der Waals surface area contributed by atoms with Gasteiger partial charge in [-0.1, -0.05) is 26.0 Å². The highest BCUT2D eigenvalue weighted by Gasteiger charge is 2.48. The average molecular weight is 193 g/mol. The Morgan fingerprint density at radius 2 is 1.86 bits per heavy atom. The van der Waals surface area contributed by atoms with Gasteiger partial charge in [-0.2, -0.15) is 0 Å². The number of carbonyl (C=O) groups is 2. The van der Waals surface area contributed by atoms with Crippen LogP contribution in [0.5, 0.6) is 0 Å². The molecule has 1 fully saturated rings. The SMILES string of the molecule is CCC1C=CC(C)C2C(=O)NC(=O)C12. The molecule has 14 heavy (non-hydrogen) atoms. The Kier molecular flexibility index (Phi) is 2.17. The van der Waals surface area contributed by atoms with Gasteiger partial charge in [0.2, 0.25) is 11.8 Å². The molecule has 0 aromatic heterocycles. The minimum Gasteiger partial charge on any atom is -0.296 e. The third-order valence-corrected chi connectivity index (χ3v) is 3.40. The second-order valence-corrected chi connectivity index (χ2v) is 4.22. The van der Waals surface area contributed by atoms with Crippen LogP contribution in [0.3, 0.4) is 0 Å². The summed E-state index contributed by atoms with van der Waals surface area (Å²) < 4.78 is 0. The number of hydrogen-bond acceptors (Lipinski definition) is 2. The lowest BCUT2D eigenvalue weighted by atomic mass is 9.71.